The lowest BCUT2D eigenvalue weighted by molar-refractivity contribution is -0.122. The summed E-state index contributed by atoms with van der Waals surface area (Å²) >= 11 is 5.36. The van der Waals surface area contributed by atoms with Gasteiger partial charge >= 0.3 is 5.97 Å². The molecule has 1 aromatic heterocycles. The Kier molecular flexibility index (Phi) is 6.65. The third kappa shape index (κ3) is 4.62. The predicted octanol–water partition coefficient (Wildman–Crippen LogP) is 4.92. The topological polar surface area (TPSA) is 80.6 Å². The summed E-state index contributed by atoms with van der Waals surface area (Å²) in [7, 11) is 1.35. The third-order valence-electron chi connectivity index (χ3n) is 6.67. The van der Waals surface area contributed by atoms with Crippen molar-refractivity contribution in [3.8, 4) is 0 Å². The van der Waals surface area contributed by atoms with Crippen LogP contribution in [0.4, 0.5) is 5.69 Å². The van der Waals surface area contributed by atoms with E-state index in [0.29, 0.717) is 17.8 Å². The quantitative estimate of drug-likeness (QED) is 0.174. The molecule has 0 aliphatic carbocycles. The number of para-hydroxylation sites is 1. The average molecular weight is 524 g/mol. The van der Waals surface area contributed by atoms with E-state index >= 15 is 0 Å². The summed E-state index contributed by atoms with van der Waals surface area (Å²) in [5, 5.41) is 3.59. The van der Waals surface area contributed by atoms with Crippen molar-refractivity contribution in [2.75, 3.05) is 12.0 Å². The van der Waals surface area contributed by atoms with E-state index in [-0.39, 0.29) is 10.7 Å². The smallest absolute Gasteiger partial charge is 0.337 e. The fourth-order valence-electron chi connectivity index (χ4n) is 4.54. The van der Waals surface area contributed by atoms with Crippen LogP contribution in [0.5, 0.6) is 0 Å². The first-order valence-electron chi connectivity index (χ1n) is 12.0. The Morgan fingerprint density at radius 1 is 1.00 bits per heavy atom. The summed E-state index contributed by atoms with van der Waals surface area (Å²) in [5.74, 6) is -1.42. The zero-order chi connectivity index (χ0) is 27.0. The molecule has 0 saturated carbocycles. The van der Waals surface area contributed by atoms with Gasteiger partial charge in [0.2, 0.25) is 0 Å². The third-order valence-corrected chi connectivity index (χ3v) is 6.96. The van der Waals surface area contributed by atoms with Gasteiger partial charge in [-0.05, 0) is 79.2 Å². The molecule has 0 atom stereocenters. The van der Waals surface area contributed by atoms with Crippen molar-refractivity contribution in [1.29, 1.82) is 0 Å². The van der Waals surface area contributed by atoms with Crippen LogP contribution in [0.1, 0.15) is 32.6 Å². The molecule has 4 aromatic rings. The Balaban J connectivity index is 1.54. The zero-order valence-corrected chi connectivity index (χ0v) is 22.0. The first kappa shape index (κ1) is 25.1. The van der Waals surface area contributed by atoms with E-state index in [9.17, 15) is 14.4 Å². The van der Waals surface area contributed by atoms with Gasteiger partial charge in [-0.1, -0.05) is 36.4 Å². The largest absolute Gasteiger partial charge is 0.465 e. The number of fused-ring (bicyclic) bond motifs is 1. The maximum absolute atomic E-state index is 13.6. The van der Waals surface area contributed by atoms with Crippen LogP contribution in [-0.2, 0) is 20.9 Å². The SMILES string of the molecule is COC(=O)c1cccc(Cn2cc(/C=C3\C(=O)NC(=S)N(c4ccc(C)c(C)c4)C3=O)c3ccccc32)c1. The fraction of sp³-hybridized carbons (Fsp3) is 0.133. The Morgan fingerprint density at radius 2 is 1.79 bits per heavy atom. The number of carbonyl (C=O) groups excluding carboxylic acids is 3. The molecule has 38 heavy (non-hydrogen) atoms. The molecule has 1 fully saturated rings. The molecule has 1 saturated heterocycles. The van der Waals surface area contributed by atoms with Crippen molar-refractivity contribution in [3.63, 3.8) is 0 Å². The van der Waals surface area contributed by atoms with E-state index in [1.807, 2.05) is 79.2 Å². The molecule has 1 aliphatic rings. The number of esters is 1. The van der Waals surface area contributed by atoms with Gasteiger partial charge in [0.1, 0.15) is 5.57 Å². The van der Waals surface area contributed by atoms with Crippen molar-refractivity contribution in [2.45, 2.75) is 20.4 Å². The Labute approximate surface area is 225 Å². The highest BCUT2D eigenvalue weighted by Gasteiger charge is 2.34. The number of amides is 2. The number of aryl methyl sites for hydroxylation is 2. The van der Waals surface area contributed by atoms with Gasteiger partial charge in [-0.3, -0.25) is 19.8 Å². The highest BCUT2D eigenvalue weighted by molar-refractivity contribution is 7.80. The zero-order valence-electron chi connectivity index (χ0n) is 21.1. The molecule has 1 N–H and O–H groups in total. The lowest BCUT2D eigenvalue weighted by atomic mass is 10.0. The minimum Gasteiger partial charge on any atom is -0.465 e. The average Bonchev–Trinajstić information content (AvgIpc) is 3.25. The molecule has 1 aliphatic heterocycles. The second-order valence-electron chi connectivity index (χ2n) is 9.15. The molecule has 3 aromatic carbocycles. The van der Waals surface area contributed by atoms with Gasteiger partial charge in [0.05, 0.1) is 18.4 Å². The number of hydrogen-bond acceptors (Lipinski definition) is 5. The highest BCUT2D eigenvalue weighted by atomic mass is 32.1. The molecule has 0 radical (unpaired) electrons. The van der Waals surface area contributed by atoms with E-state index < -0.39 is 17.8 Å². The number of methoxy groups -OCH3 is 1. The molecule has 8 heteroatoms. The maximum atomic E-state index is 13.6. The Morgan fingerprint density at radius 3 is 2.55 bits per heavy atom. The van der Waals surface area contributed by atoms with E-state index in [0.717, 1.165) is 33.2 Å². The van der Waals surface area contributed by atoms with Crippen LogP contribution in [0.25, 0.3) is 17.0 Å². The minimum atomic E-state index is -0.539. The van der Waals surface area contributed by atoms with E-state index in [1.165, 1.54) is 12.0 Å². The fourth-order valence-corrected chi connectivity index (χ4v) is 4.83. The number of benzene rings is 3. The summed E-state index contributed by atoms with van der Waals surface area (Å²) in [6, 6.07) is 20.6. The number of anilines is 1. The summed E-state index contributed by atoms with van der Waals surface area (Å²) in [4.78, 5) is 39.8. The number of nitrogens with zero attached hydrogens (tertiary/aromatic N) is 2. The van der Waals surface area contributed by atoms with Crippen LogP contribution in [0.15, 0.2) is 78.5 Å². The molecule has 2 amide bonds. The van der Waals surface area contributed by atoms with Crippen molar-refractivity contribution < 1.29 is 19.1 Å². The molecule has 0 unspecified atom stereocenters. The van der Waals surface area contributed by atoms with Crippen molar-refractivity contribution in [1.82, 2.24) is 9.88 Å². The molecular formula is C30H25N3O4S. The van der Waals surface area contributed by atoms with Gasteiger partial charge < -0.3 is 9.30 Å². The Hall–Kier alpha value is -4.56. The van der Waals surface area contributed by atoms with E-state index in [1.54, 1.807) is 18.2 Å². The van der Waals surface area contributed by atoms with Gasteiger partial charge in [0, 0.05) is 29.2 Å². The van der Waals surface area contributed by atoms with Crippen molar-refractivity contribution in [3.05, 3.63) is 106 Å². The maximum Gasteiger partial charge on any atom is 0.337 e. The van der Waals surface area contributed by atoms with Gasteiger partial charge in [0.15, 0.2) is 5.11 Å². The second kappa shape index (κ2) is 10.1. The summed E-state index contributed by atoms with van der Waals surface area (Å²) in [6.07, 6.45) is 3.51. The van der Waals surface area contributed by atoms with Crippen LogP contribution in [0, 0.1) is 13.8 Å². The molecule has 0 bridgehead atoms. The van der Waals surface area contributed by atoms with Crippen LogP contribution >= 0.6 is 12.2 Å². The van der Waals surface area contributed by atoms with Crippen LogP contribution in [-0.4, -0.2) is 34.6 Å². The molecule has 190 valence electrons. The molecule has 5 rings (SSSR count). The van der Waals surface area contributed by atoms with E-state index in [2.05, 4.69) is 5.32 Å². The number of ether oxygens (including phenoxy) is 1. The van der Waals surface area contributed by atoms with Gasteiger partial charge in [0.25, 0.3) is 11.8 Å². The van der Waals surface area contributed by atoms with E-state index in [4.69, 9.17) is 17.0 Å². The first-order chi connectivity index (χ1) is 18.3. The summed E-state index contributed by atoms with van der Waals surface area (Å²) in [6.45, 7) is 4.43. The number of hydrogen-bond donors (Lipinski definition) is 1. The minimum absolute atomic E-state index is 0.00702. The second-order valence-corrected chi connectivity index (χ2v) is 9.53. The van der Waals surface area contributed by atoms with Crippen LogP contribution in [0.2, 0.25) is 0 Å². The molecule has 2 heterocycles. The number of carbonyl (C=O) groups is 3. The standard InChI is InChI=1S/C30H25N3O4S/c1-18-11-12-23(13-19(18)2)33-28(35)25(27(34)31-30(33)38)15-22-17-32(26-10-5-4-9-24(22)26)16-20-7-6-8-21(14-20)29(36)37-3/h4-15,17H,16H2,1-3H3,(H,31,34,38)/b25-15+. The monoisotopic (exact) mass is 523 g/mol. The first-order valence-corrected chi connectivity index (χ1v) is 12.4. The predicted molar refractivity (Wildman–Crippen MR) is 151 cm³/mol. The van der Waals surface area contributed by atoms with Gasteiger partial charge in [-0.25, -0.2) is 4.79 Å². The van der Waals surface area contributed by atoms with Crippen LogP contribution in [0.3, 0.4) is 0 Å². The molecule has 0 spiro atoms. The summed E-state index contributed by atoms with van der Waals surface area (Å²) in [5.41, 5.74) is 5.72. The molecular weight excluding hydrogens is 498 g/mol. The number of nitrogens with one attached hydrogen (secondary N) is 1. The lowest BCUT2D eigenvalue weighted by Gasteiger charge is -2.29. The normalized spacial score (nSPS) is 14.8. The number of thiocarbonyl (C=S) groups is 1. The highest BCUT2D eigenvalue weighted by Crippen LogP contribution is 2.28. The Bertz CT molecular complexity index is 1670. The summed E-state index contributed by atoms with van der Waals surface area (Å²) < 4.78 is 6.87. The van der Waals surface area contributed by atoms with Gasteiger partial charge in [-0.2, -0.15) is 0 Å². The van der Waals surface area contributed by atoms with Gasteiger partial charge in [-0.15, -0.1) is 0 Å². The van der Waals surface area contributed by atoms with Crippen molar-refractivity contribution >= 4 is 57.8 Å². The number of rotatable bonds is 5. The van der Waals surface area contributed by atoms with Crippen molar-refractivity contribution in [2.24, 2.45) is 0 Å². The molecule has 7 nitrogen and oxygen atoms in total. The lowest BCUT2D eigenvalue weighted by Crippen LogP contribution is -2.54. The number of aromatic nitrogens is 1. The van der Waals surface area contributed by atoms with Crippen LogP contribution < -0.4 is 10.2 Å².